The van der Waals surface area contributed by atoms with Crippen molar-refractivity contribution in [1.82, 2.24) is 44.4 Å². The fourth-order valence-corrected chi connectivity index (χ4v) is 4.90. The summed E-state index contributed by atoms with van der Waals surface area (Å²) >= 11 is 0. The molecule has 5 aromatic heterocycles. The Kier molecular flexibility index (Phi) is 7.78. The summed E-state index contributed by atoms with van der Waals surface area (Å²) in [6, 6.07) is 49.9. The van der Waals surface area contributed by atoms with E-state index in [2.05, 4.69) is 30.8 Å². The van der Waals surface area contributed by atoms with Crippen molar-refractivity contribution in [2.24, 2.45) is 0 Å². The van der Waals surface area contributed by atoms with Crippen LogP contribution < -0.4 is 0 Å². The van der Waals surface area contributed by atoms with Gasteiger partial charge in [0, 0.05) is 23.5 Å². The molecule has 0 saturated carbocycles. The Morgan fingerprint density at radius 2 is 1.04 bits per heavy atom. The van der Waals surface area contributed by atoms with Crippen molar-refractivity contribution in [3.05, 3.63) is 164 Å². The maximum Gasteiger partial charge on any atom is 0.168 e. The Hall–Kier alpha value is -6.48. The quantitative estimate of drug-likeness (QED) is 0.218. The molecule has 0 fully saturated rings. The Bertz CT molecular complexity index is 2010. The van der Waals surface area contributed by atoms with Crippen LogP contribution in [-0.2, 0) is 0 Å². The van der Waals surface area contributed by atoms with Gasteiger partial charge in [0.05, 0.1) is 16.7 Å². The van der Waals surface area contributed by atoms with Crippen LogP contribution in [0, 0.1) is 0 Å². The van der Waals surface area contributed by atoms with Gasteiger partial charge >= 0.3 is 0 Å². The number of benzene rings is 4. The topological polar surface area (TPSA) is 91.1 Å². The van der Waals surface area contributed by atoms with E-state index in [4.69, 9.17) is 0 Å². The highest BCUT2D eigenvalue weighted by molar-refractivity contribution is 5.76. The fraction of sp³-hybridized carbons (Fsp3) is 0. The Morgan fingerprint density at radius 1 is 0.422 bits per heavy atom. The van der Waals surface area contributed by atoms with E-state index in [0.29, 0.717) is 0 Å². The van der Waals surface area contributed by atoms with E-state index in [1.54, 1.807) is 4.52 Å². The van der Waals surface area contributed by atoms with Crippen LogP contribution in [0.15, 0.2) is 164 Å². The van der Waals surface area contributed by atoms with E-state index < -0.39 is 0 Å². The zero-order chi connectivity index (χ0) is 30.3. The van der Waals surface area contributed by atoms with Crippen molar-refractivity contribution in [3.63, 3.8) is 0 Å². The zero-order valence-corrected chi connectivity index (χ0v) is 24.1. The lowest BCUT2D eigenvalue weighted by molar-refractivity contribution is 0.824. The SMILES string of the molecule is c1ccc(-c2nnc3ccccn23)cc1.c1ccc(-c2nnn3ccccc23)cc1.c1ccc(-n2nnc3ccccc32)cc1. The molecule has 0 N–H and O–H groups in total. The number of fused-ring (bicyclic) bond motifs is 3. The zero-order valence-electron chi connectivity index (χ0n) is 24.1. The van der Waals surface area contributed by atoms with E-state index in [1.807, 2.05) is 173 Å². The number of rotatable bonds is 3. The molecule has 9 aromatic rings. The van der Waals surface area contributed by atoms with Gasteiger partial charge in [-0.3, -0.25) is 4.40 Å². The van der Waals surface area contributed by atoms with Crippen LogP contribution in [0.2, 0.25) is 0 Å². The van der Waals surface area contributed by atoms with Crippen LogP contribution in [-0.4, -0.2) is 44.4 Å². The first kappa shape index (κ1) is 27.4. The highest BCUT2D eigenvalue weighted by Crippen LogP contribution is 2.21. The van der Waals surface area contributed by atoms with Gasteiger partial charge in [0.1, 0.15) is 11.2 Å². The highest BCUT2D eigenvalue weighted by atomic mass is 15.4. The first-order valence-corrected chi connectivity index (χ1v) is 14.4. The molecule has 0 saturated heterocycles. The fourth-order valence-electron chi connectivity index (χ4n) is 4.90. The Balaban J connectivity index is 0.000000108. The highest BCUT2D eigenvalue weighted by Gasteiger charge is 2.07. The van der Waals surface area contributed by atoms with Gasteiger partial charge in [-0.1, -0.05) is 114 Å². The number of para-hydroxylation sites is 2. The van der Waals surface area contributed by atoms with E-state index in [0.717, 1.165) is 50.5 Å². The first-order chi connectivity index (χ1) is 22.3. The molecule has 9 rings (SSSR count). The Labute approximate surface area is 258 Å². The summed E-state index contributed by atoms with van der Waals surface area (Å²) in [4.78, 5) is 0. The van der Waals surface area contributed by atoms with Gasteiger partial charge in [0.25, 0.3) is 0 Å². The number of hydrogen-bond donors (Lipinski definition) is 0. The minimum absolute atomic E-state index is 0.872. The second kappa shape index (κ2) is 12.8. The minimum atomic E-state index is 0.872. The molecule has 216 valence electrons. The van der Waals surface area contributed by atoms with Crippen LogP contribution in [0.4, 0.5) is 0 Å². The number of aromatic nitrogens is 9. The van der Waals surface area contributed by atoms with Crippen LogP contribution >= 0.6 is 0 Å². The molecule has 9 nitrogen and oxygen atoms in total. The summed E-state index contributed by atoms with van der Waals surface area (Å²) in [6.45, 7) is 0. The third kappa shape index (κ3) is 5.91. The van der Waals surface area contributed by atoms with Gasteiger partial charge in [-0.15, -0.1) is 20.4 Å². The summed E-state index contributed by atoms with van der Waals surface area (Å²) in [7, 11) is 0. The molecule has 0 unspecified atom stereocenters. The second-order valence-electron chi connectivity index (χ2n) is 9.98. The molecule has 4 aromatic carbocycles. The lowest BCUT2D eigenvalue weighted by Gasteiger charge is -2.00. The van der Waals surface area contributed by atoms with E-state index in [-0.39, 0.29) is 0 Å². The molecule has 0 aliphatic carbocycles. The summed E-state index contributed by atoms with van der Waals surface area (Å²) in [5, 5.41) is 24.8. The number of hydrogen-bond acceptors (Lipinski definition) is 6. The van der Waals surface area contributed by atoms with Gasteiger partial charge < -0.3 is 0 Å². The third-order valence-electron chi connectivity index (χ3n) is 7.07. The lowest BCUT2D eigenvalue weighted by Crippen LogP contribution is -1.95. The monoisotopic (exact) mass is 585 g/mol. The van der Waals surface area contributed by atoms with Gasteiger partial charge in [-0.2, -0.15) is 0 Å². The largest absolute Gasteiger partial charge is 0.282 e. The van der Waals surface area contributed by atoms with Crippen molar-refractivity contribution in [2.75, 3.05) is 0 Å². The predicted molar refractivity (Wildman–Crippen MR) is 176 cm³/mol. The Morgan fingerprint density at radius 3 is 1.84 bits per heavy atom. The maximum atomic E-state index is 4.18. The summed E-state index contributed by atoms with van der Waals surface area (Å²) in [5.74, 6) is 0.881. The lowest BCUT2D eigenvalue weighted by atomic mass is 10.1. The van der Waals surface area contributed by atoms with Crippen molar-refractivity contribution in [3.8, 4) is 28.3 Å². The molecule has 0 aliphatic rings. The molecule has 0 atom stereocenters. The molecule has 0 radical (unpaired) electrons. The van der Waals surface area contributed by atoms with Crippen molar-refractivity contribution in [1.29, 1.82) is 0 Å². The normalized spacial score (nSPS) is 10.7. The van der Waals surface area contributed by atoms with Crippen molar-refractivity contribution in [2.45, 2.75) is 0 Å². The number of pyridine rings is 2. The maximum absolute atomic E-state index is 4.18. The second-order valence-corrected chi connectivity index (χ2v) is 9.98. The third-order valence-corrected chi connectivity index (χ3v) is 7.07. The molecule has 9 heteroatoms. The van der Waals surface area contributed by atoms with Crippen LogP contribution in [0.5, 0.6) is 0 Å². The van der Waals surface area contributed by atoms with Crippen LogP contribution in [0.25, 0.3) is 50.5 Å². The van der Waals surface area contributed by atoms with Gasteiger partial charge in [0.2, 0.25) is 0 Å². The molecule has 5 heterocycles. The average Bonchev–Trinajstić information content (AvgIpc) is 3.87. The van der Waals surface area contributed by atoms with Crippen molar-refractivity contribution >= 4 is 22.2 Å². The minimum Gasteiger partial charge on any atom is -0.282 e. The molecular formula is C36H27N9. The average molecular weight is 586 g/mol. The predicted octanol–water partition coefficient (Wildman–Crippen LogP) is 7.21. The van der Waals surface area contributed by atoms with Gasteiger partial charge in [-0.05, 0) is 48.5 Å². The van der Waals surface area contributed by atoms with Gasteiger partial charge in [-0.25, -0.2) is 9.20 Å². The summed E-state index contributed by atoms with van der Waals surface area (Å²) in [5.41, 5.74) is 7.99. The summed E-state index contributed by atoms with van der Waals surface area (Å²) < 4.78 is 5.60. The smallest absolute Gasteiger partial charge is 0.168 e. The molecule has 45 heavy (non-hydrogen) atoms. The summed E-state index contributed by atoms with van der Waals surface area (Å²) in [6.07, 6.45) is 3.87. The molecule has 0 amide bonds. The van der Waals surface area contributed by atoms with E-state index in [1.165, 1.54) is 0 Å². The van der Waals surface area contributed by atoms with Gasteiger partial charge in [0.15, 0.2) is 11.5 Å². The standard InChI is InChI=1S/3C12H9N3/c1-2-6-10(7-3-1)12-14-13-11-8-4-5-9-15(11)12;1-2-6-10(7-3-1)12-11-8-4-5-9-15(11)14-13-12;1-2-6-10(7-3-1)15-12-9-5-4-8-11(12)13-14-15/h3*1-9H. The molecule has 0 spiro atoms. The molecular weight excluding hydrogens is 558 g/mol. The molecule has 0 bridgehead atoms. The van der Waals surface area contributed by atoms with Crippen LogP contribution in [0.3, 0.4) is 0 Å². The molecule has 0 aliphatic heterocycles. The van der Waals surface area contributed by atoms with Crippen molar-refractivity contribution < 1.29 is 0 Å². The van der Waals surface area contributed by atoms with E-state index >= 15 is 0 Å². The number of nitrogens with zero attached hydrogens (tertiary/aromatic N) is 9. The van der Waals surface area contributed by atoms with E-state index in [9.17, 15) is 0 Å². The van der Waals surface area contributed by atoms with Crippen LogP contribution in [0.1, 0.15) is 0 Å². The first-order valence-electron chi connectivity index (χ1n) is 14.4.